The maximum absolute atomic E-state index is 11.3. The second kappa shape index (κ2) is 5.71. The lowest BCUT2D eigenvalue weighted by Gasteiger charge is -2.05. The first-order valence-electron chi connectivity index (χ1n) is 4.73. The summed E-state index contributed by atoms with van der Waals surface area (Å²) in [5.41, 5.74) is 0.725. The van der Waals surface area contributed by atoms with Crippen molar-refractivity contribution in [1.82, 2.24) is 0 Å². The highest BCUT2D eigenvalue weighted by molar-refractivity contribution is 9.11. The third kappa shape index (κ3) is 3.88. The Kier molecular flexibility index (Phi) is 4.56. The molecule has 0 bridgehead atoms. The average molecular weight is 269 g/mol. The second-order valence-electron chi connectivity index (χ2n) is 3.11. The Morgan fingerprint density at radius 3 is 2.47 bits per heavy atom. The zero-order chi connectivity index (χ0) is 11.3. The fraction of sp³-hybridized carbons (Fsp3) is 0.250. The van der Waals surface area contributed by atoms with Crippen molar-refractivity contribution in [2.45, 2.75) is 13.3 Å². The zero-order valence-corrected chi connectivity index (χ0v) is 10.2. The van der Waals surface area contributed by atoms with E-state index in [-0.39, 0.29) is 5.78 Å². The molecule has 0 saturated carbocycles. The summed E-state index contributed by atoms with van der Waals surface area (Å²) in [6.07, 6.45) is 0.526. The van der Waals surface area contributed by atoms with Crippen molar-refractivity contribution in [3.05, 3.63) is 40.9 Å². The molecule has 1 aromatic carbocycles. The smallest absolute Gasteiger partial charge is 0.162 e. The molecule has 0 spiro atoms. The minimum absolute atomic E-state index is 0.145. The molecule has 0 atom stereocenters. The van der Waals surface area contributed by atoms with Crippen molar-refractivity contribution in [3.63, 3.8) is 0 Å². The predicted octanol–water partition coefficient (Wildman–Crippen LogP) is 3.57. The van der Waals surface area contributed by atoms with E-state index < -0.39 is 0 Å². The van der Waals surface area contributed by atoms with Crippen molar-refractivity contribution < 1.29 is 9.53 Å². The summed E-state index contributed by atoms with van der Waals surface area (Å²) in [4.78, 5) is 11.3. The molecule has 0 unspecified atom stereocenters. The van der Waals surface area contributed by atoms with Crippen LogP contribution < -0.4 is 4.74 Å². The van der Waals surface area contributed by atoms with E-state index in [1.54, 1.807) is 24.3 Å². The molecule has 0 saturated heterocycles. The van der Waals surface area contributed by atoms with Crippen LogP contribution in [0.2, 0.25) is 0 Å². The van der Waals surface area contributed by atoms with Gasteiger partial charge >= 0.3 is 0 Å². The molecule has 0 aromatic heterocycles. The van der Waals surface area contributed by atoms with Crippen LogP contribution in [0.15, 0.2) is 35.3 Å². The van der Waals surface area contributed by atoms with Crippen LogP contribution in [0.5, 0.6) is 5.75 Å². The lowest BCUT2D eigenvalue weighted by atomic mass is 10.1. The molecule has 15 heavy (non-hydrogen) atoms. The Bertz CT molecular complexity index is 354. The molecule has 0 N–H and O–H groups in total. The van der Waals surface area contributed by atoms with Gasteiger partial charge < -0.3 is 4.74 Å². The molecule has 1 aromatic rings. The van der Waals surface area contributed by atoms with Gasteiger partial charge in [-0.3, -0.25) is 4.79 Å². The number of rotatable bonds is 5. The Hall–Kier alpha value is -1.09. The first kappa shape index (κ1) is 12.0. The van der Waals surface area contributed by atoms with Gasteiger partial charge in [-0.2, -0.15) is 0 Å². The molecular weight excluding hydrogens is 256 g/mol. The first-order valence-corrected chi connectivity index (χ1v) is 5.52. The zero-order valence-electron chi connectivity index (χ0n) is 8.63. The van der Waals surface area contributed by atoms with Crippen molar-refractivity contribution in [2.75, 3.05) is 6.61 Å². The third-order valence-electron chi connectivity index (χ3n) is 1.89. The maximum atomic E-state index is 11.3. The number of carbonyl (C=O) groups is 1. The highest BCUT2D eigenvalue weighted by atomic mass is 79.9. The lowest BCUT2D eigenvalue weighted by molar-refractivity contribution is 0.0988. The van der Waals surface area contributed by atoms with Gasteiger partial charge in [-0.15, -0.1) is 0 Å². The van der Waals surface area contributed by atoms with E-state index in [1.165, 1.54) is 0 Å². The van der Waals surface area contributed by atoms with E-state index >= 15 is 0 Å². The monoisotopic (exact) mass is 268 g/mol. The van der Waals surface area contributed by atoms with Crippen LogP contribution in [0.25, 0.3) is 0 Å². The molecule has 0 aliphatic carbocycles. The van der Waals surface area contributed by atoms with Gasteiger partial charge in [0.15, 0.2) is 5.78 Å². The van der Waals surface area contributed by atoms with Gasteiger partial charge in [0.1, 0.15) is 12.4 Å². The number of carbonyl (C=O) groups excluding carboxylic acids is 1. The lowest BCUT2D eigenvalue weighted by Crippen LogP contribution is -1.98. The van der Waals surface area contributed by atoms with E-state index in [0.29, 0.717) is 13.0 Å². The van der Waals surface area contributed by atoms with Crippen molar-refractivity contribution in [1.29, 1.82) is 0 Å². The minimum atomic E-state index is 0.145. The van der Waals surface area contributed by atoms with Gasteiger partial charge in [0, 0.05) is 16.5 Å². The SMILES string of the molecule is C=C(Br)COc1ccc(C(=O)CC)cc1. The Labute approximate surface area is 98.1 Å². The van der Waals surface area contributed by atoms with Gasteiger partial charge in [0.2, 0.25) is 0 Å². The normalized spacial score (nSPS) is 9.73. The number of ketones is 1. The van der Waals surface area contributed by atoms with E-state index in [9.17, 15) is 4.79 Å². The molecule has 0 aliphatic heterocycles. The highest BCUT2D eigenvalue weighted by Gasteiger charge is 2.02. The second-order valence-corrected chi connectivity index (χ2v) is 4.23. The summed E-state index contributed by atoms with van der Waals surface area (Å²) in [5, 5.41) is 0. The quantitative estimate of drug-likeness (QED) is 0.764. The highest BCUT2D eigenvalue weighted by Crippen LogP contribution is 2.14. The van der Waals surface area contributed by atoms with Crippen LogP contribution in [0.3, 0.4) is 0 Å². The molecular formula is C12H13BrO2. The summed E-state index contributed by atoms with van der Waals surface area (Å²) in [7, 11) is 0. The van der Waals surface area contributed by atoms with Crippen molar-refractivity contribution in [2.24, 2.45) is 0 Å². The van der Waals surface area contributed by atoms with Crippen molar-refractivity contribution >= 4 is 21.7 Å². The molecule has 0 amide bonds. The molecule has 0 aliphatic rings. The number of Topliss-reactive ketones (excluding diaryl/α,β-unsaturated/α-hetero) is 1. The van der Waals surface area contributed by atoms with Crippen LogP contribution in [0.1, 0.15) is 23.7 Å². The molecule has 1 rings (SSSR count). The Balaban J connectivity index is 2.64. The average Bonchev–Trinajstić information content (AvgIpc) is 2.26. The number of ether oxygens (including phenoxy) is 1. The summed E-state index contributed by atoms with van der Waals surface area (Å²) < 4.78 is 6.17. The number of halogens is 1. The Morgan fingerprint density at radius 1 is 1.40 bits per heavy atom. The van der Waals surface area contributed by atoms with Gasteiger partial charge in [-0.25, -0.2) is 0 Å². The molecule has 80 valence electrons. The van der Waals surface area contributed by atoms with Gasteiger partial charge in [-0.1, -0.05) is 29.4 Å². The van der Waals surface area contributed by atoms with Crippen LogP contribution in [0.4, 0.5) is 0 Å². The number of hydrogen-bond donors (Lipinski definition) is 0. The fourth-order valence-corrected chi connectivity index (χ4v) is 1.22. The van der Waals surface area contributed by atoms with Crippen LogP contribution in [0, 0.1) is 0 Å². The van der Waals surface area contributed by atoms with Gasteiger partial charge in [-0.05, 0) is 24.3 Å². The van der Waals surface area contributed by atoms with Crippen molar-refractivity contribution in [3.8, 4) is 5.75 Å². The van der Waals surface area contributed by atoms with Crippen LogP contribution in [-0.2, 0) is 0 Å². The standard InChI is InChI=1S/C12H13BrO2/c1-3-12(14)10-4-6-11(7-5-10)15-8-9(2)13/h4-7H,2-3,8H2,1H3. The summed E-state index contributed by atoms with van der Waals surface area (Å²) in [5.74, 6) is 0.884. The topological polar surface area (TPSA) is 26.3 Å². The van der Waals surface area contributed by atoms with Crippen LogP contribution >= 0.6 is 15.9 Å². The van der Waals surface area contributed by atoms with E-state index in [0.717, 1.165) is 15.8 Å². The van der Waals surface area contributed by atoms with E-state index in [1.807, 2.05) is 6.92 Å². The summed E-state index contributed by atoms with van der Waals surface area (Å²) in [6, 6.07) is 7.13. The molecule has 3 heteroatoms. The number of hydrogen-bond acceptors (Lipinski definition) is 2. The van der Waals surface area contributed by atoms with E-state index in [2.05, 4.69) is 22.5 Å². The third-order valence-corrected chi connectivity index (χ3v) is 2.12. The van der Waals surface area contributed by atoms with Gasteiger partial charge in [0.25, 0.3) is 0 Å². The molecule has 0 radical (unpaired) electrons. The van der Waals surface area contributed by atoms with Gasteiger partial charge in [0.05, 0.1) is 0 Å². The minimum Gasteiger partial charge on any atom is -0.488 e. The summed E-state index contributed by atoms with van der Waals surface area (Å²) >= 11 is 3.21. The van der Waals surface area contributed by atoms with E-state index in [4.69, 9.17) is 4.74 Å². The largest absolute Gasteiger partial charge is 0.488 e. The molecule has 0 fully saturated rings. The number of benzene rings is 1. The first-order chi connectivity index (χ1) is 7.13. The summed E-state index contributed by atoms with van der Waals surface area (Å²) in [6.45, 7) is 5.95. The fourth-order valence-electron chi connectivity index (χ4n) is 1.10. The Morgan fingerprint density at radius 2 is 2.00 bits per heavy atom. The predicted molar refractivity (Wildman–Crippen MR) is 64.6 cm³/mol. The maximum Gasteiger partial charge on any atom is 0.162 e. The molecule has 0 heterocycles. The van der Waals surface area contributed by atoms with Crippen LogP contribution in [-0.4, -0.2) is 12.4 Å². The molecule has 2 nitrogen and oxygen atoms in total.